The molecule has 4 rings (SSSR count). The lowest BCUT2D eigenvalue weighted by Crippen LogP contribution is -2.36. The summed E-state index contributed by atoms with van der Waals surface area (Å²) in [6.45, 7) is 0.699. The first kappa shape index (κ1) is 22.9. The van der Waals surface area contributed by atoms with Gasteiger partial charge in [-0.2, -0.15) is 0 Å². The van der Waals surface area contributed by atoms with Gasteiger partial charge in [-0.3, -0.25) is 9.10 Å². The van der Waals surface area contributed by atoms with E-state index in [9.17, 15) is 13.2 Å². The second-order valence-corrected chi connectivity index (χ2v) is 10.2. The van der Waals surface area contributed by atoms with Crippen LogP contribution in [0, 0.1) is 0 Å². The van der Waals surface area contributed by atoms with Crippen molar-refractivity contribution in [2.75, 3.05) is 25.0 Å². The number of hydrogen-bond acceptors (Lipinski definition) is 4. The zero-order chi connectivity index (χ0) is 23.4. The number of benzene rings is 3. The molecule has 3 aromatic rings. The average molecular weight is 465 g/mol. The van der Waals surface area contributed by atoms with E-state index in [1.54, 1.807) is 43.5 Å². The van der Waals surface area contributed by atoms with Gasteiger partial charge in [0.2, 0.25) is 0 Å². The molecular weight excluding hydrogens is 436 g/mol. The molecule has 33 heavy (non-hydrogen) atoms. The molecule has 1 amide bonds. The monoisotopic (exact) mass is 464 g/mol. The van der Waals surface area contributed by atoms with E-state index < -0.39 is 10.0 Å². The first-order valence-electron chi connectivity index (χ1n) is 11.0. The third kappa shape index (κ3) is 4.88. The standard InChI is InChI=1S/C26H28N2O4S/c1-27(22-9-4-3-5-10-22)33(30,31)25-15-13-21(14-16-25)26(29)28-17-7-11-23(28)18-20-8-6-12-24(19-20)32-2/h3-6,8-10,12-16,19,23H,7,11,17-18H2,1-2H3. The normalized spacial score (nSPS) is 15.9. The Hall–Kier alpha value is -3.32. The van der Waals surface area contributed by atoms with Crippen molar-refractivity contribution in [1.29, 1.82) is 0 Å². The Morgan fingerprint density at radius 3 is 2.45 bits per heavy atom. The molecule has 0 radical (unpaired) electrons. The Bertz CT molecular complexity index is 1210. The van der Waals surface area contributed by atoms with E-state index in [0.717, 1.165) is 30.6 Å². The van der Waals surface area contributed by atoms with Gasteiger partial charge in [0.15, 0.2) is 0 Å². The zero-order valence-corrected chi connectivity index (χ0v) is 19.7. The predicted octanol–water partition coefficient (Wildman–Crippen LogP) is 4.37. The number of nitrogens with zero attached hydrogens (tertiary/aromatic N) is 2. The molecule has 1 aliphatic heterocycles. The molecule has 1 fully saturated rings. The van der Waals surface area contributed by atoms with E-state index in [1.807, 2.05) is 35.2 Å². The van der Waals surface area contributed by atoms with Crippen molar-refractivity contribution >= 4 is 21.6 Å². The van der Waals surface area contributed by atoms with Crippen LogP contribution in [0.1, 0.15) is 28.8 Å². The molecule has 1 unspecified atom stereocenters. The van der Waals surface area contributed by atoms with Crippen LogP contribution >= 0.6 is 0 Å². The van der Waals surface area contributed by atoms with Gasteiger partial charge < -0.3 is 9.64 Å². The van der Waals surface area contributed by atoms with Crippen molar-refractivity contribution in [3.8, 4) is 5.75 Å². The van der Waals surface area contributed by atoms with E-state index in [-0.39, 0.29) is 16.8 Å². The summed E-state index contributed by atoms with van der Waals surface area (Å²) in [5.41, 5.74) is 2.20. The summed E-state index contributed by atoms with van der Waals surface area (Å²) in [5.74, 6) is 0.737. The molecular formula is C26H28N2O4S. The summed E-state index contributed by atoms with van der Waals surface area (Å²) in [6.07, 6.45) is 2.66. The molecule has 0 spiro atoms. The van der Waals surface area contributed by atoms with Crippen molar-refractivity contribution in [3.63, 3.8) is 0 Å². The number of rotatable bonds is 7. The number of para-hydroxylation sites is 1. The van der Waals surface area contributed by atoms with Crippen molar-refractivity contribution < 1.29 is 17.9 Å². The fraction of sp³-hybridized carbons (Fsp3) is 0.269. The number of anilines is 1. The SMILES string of the molecule is COc1cccc(CC2CCCN2C(=O)c2ccc(S(=O)(=O)N(C)c3ccccc3)cc2)c1. The van der Waals surface area contributed by atoms with Gasteiger partial charge >= 0.3 is 0 Å². The lowest BCUT2D eigenvalue weighted by Gasteiger charge is -2.25. The van der Waals surface area contributed by atoms with Crippen molar-refractivity contribution in [3.05, 3.63) is 90.0 Å². The maximum atomic E-state index is 13.2. The number of methoxy groups -OCH3 is 1. The van der Waals surface area contributed by atoms with E-state index >= 15 is 0 Å². The van der Waals surface area contributed by atoms with Gasteiger partial charge in [-0.05, 0) is 73.4 Å². The maximum Gasteiger partial charge on any atom is 0.264 e. The summed E-state index contributed by atoms with van der Waals surface area (Å²) in [4.78, 5) is 15.3. The minimum absolute atomic E-state index is 0.0687. The van der Waals surface area contributed by atoms with Gasteiger partial charge in [0, 0.05) is 25.2 Å². The van der Waals surface area contributed by atoms with Crippen LogP contribution in [0.5, 0.6) is 5.75 Å². The smallest absolute Gasteiger partial charge is 0.264 e. The topological polar surface area (TPSA) is 66.9 Å². The molecule has 1 saturated heterocycles. The van der Waals surface area contributed by atoms with Crippen LogP contribution in [0.4, 0.5) is 5.69 Å². The Morgan fingerprint density at radius 1 is 1.03 bits per heavy atom. The van der Waals surface area contributed by atoms with Gasteiger partial charge in [0.1, 0.15) is 5.75 Å². The minimum Gasteiger partial charge on any atom is -0.497 e. The van der Waals surface area contributed by atoms with E-state index in [2.05, 4.69) is 0 Å². The molecule has 7 heteroatoms. The number of sulfonamides is 1. The predicted molar refractivity (Wildman–Crippen MR) is 129 cm³/mol. The number of amides is 1. The summed E-state index contributed by atoms with van der Waals surface area (Å²) in [5, 5.41) is 0. The molecule has 3 aromatic carbocycles. The number of likely N-dealkylation sites (tertiary alicyclic amines) is 1. The second-order valence-electron chi connectivity index (χ2n) is 8.18. The van der Waals surface area contributed by atoms with E-state index in [1.165, 1.54) is 23.5 Å². The summed E-state index contributed by atoms with van der Waals surface area (Å²) < 4.78 is 32.6. The molecule has 0 bridgehead atoms. The number of ether oxygens (including phenoxy) is 1. The Balaban J connectivity index is 1.49. The largest absolute Gasteiger partial charge is 0.497 e. The van der Waals surface area contributed by atoms with Crippen LogP contribution in [0.25, 0.3) is 0 Å². The fourth-order valence-electron chi connectivity index (χ4n) is 4.26. The third-order valence-corrected chi connectivity index (χ3v) is 7.92. The highest BCUT2D eigenvalue weighted by Crippen LogP contribution is 2.26. The third-order valence-electron chi connectivity index (χ3n) is 6.12. The van der Waals surface area contributed by atoms with Crippen molar-refractivity contribution in [2.24, 2.45) is 0 Å². The van der Waals surface area contributed by atoms with Crippen LogP contribution < -0.4 is 9.04 Å². The lowest BCUT2D eigenvalue weighted by molar-refractivity contribution is 0.0736. The summed E-state index contributed by atoms with van der Waals surface area (Å²) in [7, 11) is -0.545. The van der Waals surface area contributed by atoms with Crippen LogP contribution in [0.3, 0.4) is 0 Å². The van der Waals surface area contributed by atoms with Gasteiger partial charge in [0.05, 0.1) is 17.7 Å². The van der Waals surface area contributed by atoms with E-state index in [0.29, 0.717) is 17.8 Å². The fourth-order valence-corrected chi connectivity index (χ4v) is 5.45. The minimum atomic E-state index is -3.72. The Kier molecular flexibility index (Phi) is 6.70. The van der Waals surface area contributed by atoms with Gasteiger partial charge in [-0.15, -0.1) is 0 Å². The highest BCUT2D eigenvalue weighted by Gasteiger charge is 2.30. The average Bonchev–Trinajstić information content (AvgIpc) is 3.31. The summed E-state index contributed by atoms with van der Waals surface area (Å²) in [6, 6.07) is 23.2. The molecule has 0 aliphatic carbocycles. The number of hydrogen-bond donors (Lipinski definition) is 0. The molecule has 6 nitrogen and oxygen atoms in total. The van der Waals surface area contributed by atoms with Gasteiger partial charge in [-0.1, -0.05) is 30.3 Å². The zero-order valence-electron chi connectivity index (χ0n) is 18.8. The molecule has 1 atom stereocenters. The number of carbonyl (C=O) groups is 1. The molecule has 1 aliphatic rings. The van der Waals surface area contributed by atoms with Crippen LogP contribution in [0.2, 0.25) is 0 Å². The van der Waals surface area contributed by atoms with Gasteiger partial charge in [-0.25, -0.2) is 8.42 Å². The van der Waals surface area contributed by atoms with Crippen molar-refractivity contribution in [2.45, 2.75) is 30.2 Å². The van der Waals surface area contributed by atoms with Crippen LogP contribution in [0.15, 0.2) is 83.8 Å². The maximum absolute atomic E-state index is 13.2. The van der Waals surface area contributed by atoms with Crippen LogP contribution in [-0.2, 0) is 16.4 Å². The molecule has 1 heterocycles. The molecule has 0 N–H and O–H groups in total. The molecule has 172 valence electrons. The van der Waals surface area contributed by atoms with Crippen LogP contribution in [-0.4, -0.2) is 46.0 Å². The first-order chi connectivity index (χ1) is 15.9. The first-order valence-corrected chi connectivity index (χ1v) is 12.4. The highest BCUT2D eigenvalue weighted by atomic mass is 32.2. The summed E-state index contributed by atoms with van der Waals surface area (Å²) >= 11 is 0. The molecule has 0 aromatic heterocycles. The van der Waals surface area contributed by atoms with E-state index in [4.69, 9.17) is 4.74 Å². The van der Waals surface area contributed by atoms with Crippen molar-refractivity contribution in [1.82, 2.24) is 4.90 Å². The van der Waals surface area contributed by atoms with Gasteiger partial charge in [0.25, 0.3) is 15.9 Å². The Labute approximate surface area is 195 Å². The second kappa shape index (κ2) is 9.67. The highest BCUT2D eigenvalue weighted by molar-refractivity contribution is 7.92. The quantitative estimate of drug-likeness (QED) is 0.521. The lowest BCUT2D eigenvalue weighted by atomic mass is 10.0. The molecule has 0 saturated carbocycles. The Morgan fingerprint density at radius 2 is 1.76 bits per heavy atom. The number of carbonyl (C=O) groups excluding carboxylic acids is 1.